The summed E-state index contributed by atoms with van der Waals surface area (Å²) in [5.41, 5.74) is 2.25. The van der Waals surface area contributed by atoms with Crippen LogP contribution in [0.3, 0.4) is 0 Å². The maximum absolute atomic E-state index is 12.9. The maximum Gasteiger partial charge on any atom is 0.255 e. The molecule has 4 amide bonds. The third-order valence-electron chi connectivity index (χ3n) is 6.73. The number of imide groups is 1. The summed E-state index contributed by atoms with van der Waals surface area (Å²) in [7, 11) is 0. The summed E-state index contributed by atoms with van der Waals surface area (Å²) < 4.78 is 0. The number of carbonyl (C=O) groups is 4. The van der Waals surface area contributed by atoms with Gasteiger partial charge in [-0.15, -0.1) is 0 Å². The van der Waals surface area contributed by atoms with Crippen LogP contribution in [-0.2, 0) is 20.9 Å². The highest BCUT2D eigenvalue weighted by Crippen LogP contribution is 2.33. The SMILES string of the molecule is O=C1CCC(N2Cc3c(C#CC4CCN(C(=O)C5CC5)CC4)cccc3C2=O)C(=O)N1. The lowest BCUT2D eigenvalue weighted by Crippen LogP contribution is -2.52. The van der Waals surface area contributed by atoms with Crippen molar-refractivity contribution in [3.63, 3.8) is 0 Å². The largest absolute Gasteiger partial charge is 0.342 e. The van der Waals surface area contributed by atoms with E-state index in [1.165, 1.54) is 0 Å². The van der Waals surface area contributed by atoms with Gasteiger partial charge in [-0.05, 0) is 49.8 Å². The second-order valence-corrected chi connectivity index (χ2v) is 8.87. The van der Waals surface area contributed by atoms with Gasteiger partial charge in [0.1, 0.15) is 6.04 Å². The Labute approximate surface area is 181 Å². The summed E-state index contributed by atoms with van der Waals surface area (Å²) >= 11 is 0. The highest BCUT2D eigenvalue weighted by molar-refractivity contribution is 6.05. The zero-order valence-corrected chi connectivity index (χ0v) is 17.4. The van der Waals surface area contributed by atoms with Gasteiger partial charge in [0.05, 0.1) is 0 Å². The number of hydrogen-bond acceptors (Lipinski definition) is 4. The molecule has 1 unspecified atom stereocenters. The first-order valence-corrected chi connectivity index (χ1v) is 11.1. The van der Waals surface area contributed by atoms with Crippen LogP contribution in [0.25, 0.3) is 0 Å². The number of hydrogen-bond donors (Lipinski definition) is 1. The maximum atomic E-state index is 12.9. The molecule has 7 nitrogen and oxygen atoms in total. The Kier molecular flexibility index (Phi) is 5.01. The van der Waals surface area contributed by atoms with Crippen molar-refractivity contribution in [1.82, 2.24) is 15.1 Å². The molecule has 5 rings (SSSR count). The van der Waals surface area contributed by atoms with Crippen LogP contribution in [-0.4, -0.2) is 52.6 Å². The molecule has 0 aromatic heterocycles. The summed E-state index contributed by atoms with van der Waals surface area (Å²) in [4.78, 5) is 52.4. The van der Waals surface area contributed by atoms with Crippen LogP contribution < -0.4 is 5.32 Å². The molecule has 1 aromatic rings. The number of benzene rings is 1. The molecule has 3 heterocycles. The van der Waals surface area contributed by atoms with Crippen LogP contribution in [0.1, 0.15) is 60.0 Å². The number of piperidine rings is 2. The average Bonchev–Trinajstić information content (AvgIpc) is 3.57. The second kappa shape index (κ2) is 7.84. The van der Waals surface area contributed by atoms with Crippen molar-refractivity contribution in [2.45, 2.75) is 51.1 Å². The Hall–Kier alpha value is -3.14. The minimum absolute atomic E-state index is 0.181. The van der Waals surface area contributed by atoms with Crippen LogP contribution in [0.5, 0.6) is 0 Å². The molecule has 0 spiro atoms. The van der Waals surface area contributed by atoms with Gasteiger partial charge in [0.15, 0.2) is 0 Å². The quantitative estimate of drug-likeness (QED) is 0.581. The normalized spacial score (nSPS) is 23.9. The Bertz CT molecular complexity index is 1020. The van der Waals surface area contributed by atoms with E-state index in [4.69, 9.17) is 0 Å². The van der Waals surface area contributed by atoms with Crippen LogP contribution in [0.4, 0.5) is 0 Å². The van der Waals surface area contributed by atoms with E-state index in [0.717, 1.165) is 49.9 Å². The van der Waals surface area contributed by atoms with Gasteiger partial charge in [-0.2, -0.15) is 0 Å². The summed E-state index contributed by atoms with van der Waals surface area (Å²) in [6.07, 6.45) is 4.41. The first-order chi connectivity index (χ1) is 15.0. The second-order valence-electron chi connectivity index (χ2n) is 8.87. The zero-order valence-electron chi connectivity index (χ0n) is 17.4. The fourth-order valence-corrected chi connectivity index (χ4v) is 4.72. The smallest absolute Gasteiger partial charge is 0.255 e. The monoisotopic (exact) mass is 419 g/mol. The Balaban J connectivity index is 1.28. The number of likely N-dealkylation sites (tertiary alicyclic amines) is 1. The van der Waals surface area contributed by atoms with Crippen molar-refractivity contribution < 1.29 is 19.2 Å². The fourth-order valence-electron chi connectivity index (χ4n) is 4.72. The molecule has 31 heavy (non-hydrogen) atoms. The number of fused-ring (bicyclic) bond motifs is 1. The summed E-state index contributed by atoms with van der Waals surface area (Å²) in [6.45, 7) is 1.87. The molecule has 3 fully saturated rings. The molecule has 1 aliphatic carbocycles. The zero-order chi connectivity index (χ0) is 21.5. The standard InChI is InChI=1S/C24H25N3O4/c28-21-9-8-20(22(29)25-21)27-14-19-16(2-1-3-18(19)24(27)31)5-4-15-10-12-26(13-11-15)23(30)17-6-7-17/h1-3,15,17,20H,6-14H2,(H,25,28,29). The minimum Gasteiger partial charge on any atom is -0.342 e. The first kappa shape index (κ1) is 19.8. The van der Waals surface area contributed by atoms with E-state index >= 15 is 0 Å². The van der Waals surface area contributed by atoms with E-state index in [9.17, 15) is 19.2 Å². The van der Waals surface area contributed by atoms with Gasteiger partial charge in [-0.1, -0.05) is 17.9 Å². The molecule has 1 atom stereocenters. The lowest BCUT2D eigenvalue weighted by Gasteiger charge is -2.30. The van der Waals surface area contributed by atoms with Gasteiger partial charge in [-0.25, -0.2) is 0 Å². The molecular formula is C24H25N3O4. The molecule has 0 radical (unpaired) electrons. The number of nitrogens with one attached hydrogen (secondary N) is 1. The number of rotatable bonds is 2. The highest BCUT2D eigenvalue weighted by atomic mass is 16.2. The van der Waals surface area contributed by atoms with Crippen LogP contribution >= 0.6 is 0 Å². The average molecular weight is 419 g/mol. The molecule has 2 saturated heterocycles. The first-order valence-electron chi connectivity index (χ1n) is 11.1. The van der Waals surface area contributed by atoms with E-state index in [0.29, 0.717) is 24.4 Å². The Morgan fingerprint density at radius 2 is 1.81 bits per heavy atom. The lowest BCUT2D eigenvalue weighted by molar-refractivity contribution is -0.137. The topological polar surface area (TPSA) is 86.8 Å². The van der Waals surface area contributed by atoms with Crippen LogP contribution in [0.15, 0.2) is 18.2 Å². The number of carbonyl (C=O) groups excluding carboxylic acids is 4. The fraction of sp³-hybridized carbons (Fsp3) is 0.500. The predicted octanol–water partition coefficient (Wildman–Crippen LogP) is 1.45. The van der Waals surface area contributed by atoms with Crippen molar-refractivity contribution in [1.29, 1.82) is 0 Å². The van der Waals surface area contributed by atoms with E-state index in [2.05, 4.69) is 17.2 Å². The summed E-state index contributed by atoms with van der Waals surface area (Å²) in [6, 6.07) is 4.90. The van der Waals surface area contributed by atoms with Crippen LogP contribution in [0.2, 0.25) is 0 Å². The van der Waals surface area contributed by atoms with E-state index in [1.54, 1.807) is 11.0 Å². The molecular weight excluding hydrogens is 394 g/mol. The third-order valence-corrected chi connectivity index (χ3v) is 6.73. The van der Waals surface area contributed by atoms with Gasteiger partial charge in [0, 0.05) is 49.0 Å². The van der Waals surface area contributed by atoms with Gasteiger partial charge in [0.25, 0.3) is 5.91 Å². The Morgan fingerprint density at radius 1 is 1.03 bits per heavy atom. The summed E-state index contributed by atoms with van der Waals surface area (Å²) in [5, 5.41) is 2.33. The van der Waals surface area contributed by atoms with Gasteiger partial charge in [-0.3, -0.25) is 24.5 Å². The van der Waals surface area contributed by atoms with Crippen molar-refractivity contribution in [2.75, 3.05) is 13.1 Å². The Morgan fingerprint density at radius 3 is 2.52 bits per heavy atom. The lowest BCUT2D eigenvalue weighted by atomic mass is 9.96. The molecule has 1 aromatic carbocycles. The van der Waals surface area contributed by atoms with Crippen LogP contribution in [0, 0.1) is 23.7 Å². The van der Waals surface area contributed by atoms with Crippen molar-refractivity contribution in [3.05, 3.63) is 34.9 Å². The summed E-state index contributed by atoms with van der Waals surface area (Å²) in [5.74, 6) is 6.55. The van der Waals surface area contributed by atoms with Crippen molar-refractivity contribution in [3.8, 4) is 11.8 Å². The van der Waals surface area contributed by atoms with E-state index in [1.807, 2.05) is 17.0 Å². The third kappa shape index (κ3) is 3.83. The molecule has 3 aliphatic heterocycles. The molecule has 4 aliphatic rings. The van der Waals surface area contributed by atoms with Crippen molar-refractivity contribution >= 4 is 23.6 Å². The molecule has 160 valence electrons. The van der Waals surface area contributed by atoms with Gasteiger partial charge in [0.2, 0.25) is 17.7 Å². The van der Waals surface area contributed by atoms with E-state index < -0.39 is 11.9 Å². The van der Waals surface area contributed by atoms with Crippen molar-refractivity contribution in [2.24, 2.45) is 11.8 Å². The minimum atomic E-state index is -0.619. The van der Waals surface area contributed by atoms with Gasteiger partial charge >= 0.3 is 0 Å². The molecule has 1 N–H and O–H groups in total. The number of amides is 4. The van der Waals surface area contributed by atoms with Gasteiger partial charge < -0.3 is 9.80 Å². The molecule has 7 heteroatoms. The molecule has 1 saturated carbocycles. The van der Waals surface area contributed by atoms with E-state index in [-0.39, 0.29) is 30.1 Å². The predicted molar refractivity (Wildman–Crippen MR) is 111 cm³/mol. The highest BCUT2D eigenvalue weighted by Gasteiger charge is 2.39. The molecule has 0 bridgehead atoms. The number of nitrogens with zero attached hydrogens (tertiary/aromatic N) is 2.